The van der Waals surface area contributed by atoms with Crippen molar-refractivity contribution in [1.29, 1.82) is 0 Å². The van der Waals surface area contributed by atoms with Crippen LogP contribution in [0.3, 0.4) is 0 Å². The fourth-order valence-corrected chi connectivity index (χ4v) is 7.85. The Labute approximate surface area is 329 Å². The van der Waals surface area contributed by atoms with E-state index in [1.165, 1.54) is 0 Å². The van der Waals surface area contributed by atoms with Gasteiger partial charge in [0.1, 0.15) is 11.5 Å². The van der Waals surface area contributed by atoms with E-state index in [1.54, 1.807) is 107 Å². The quantitative estimate of drug-likeness (QED) is 0.149. The van der Waals surface area contributed by atoms with Crippen LogP contribution in [0.1, 0.15) is 45.2 Å². The third kappa shape index (κ3) is 5.94. The third-order valence-corrected chi connectivity index (χ3v) is 10.7. The van der Waals surface area contributed by atoms with Gasteiger partial charge < -0.3 is 24.6 Å². The maximum atomic E-state index is 14.7. The monoisotopic (exact) mass is 755 g/mol. The Morgan fingerprint density at radius 3 is 1.77 bits per heavy atom. The van der Waals surface area contributed by atoms with E-state index in [0.717, 1.165) is 0 Å². The van der Waals surface area contributed by atoms with Crippen LogP contribution in [-0.4, -0.2) is 34.5 Å². The van der Waals surface area contributed by atoms with Gasteiger partial charge in [-0.3, -0.25) is 24.2 Å². The predicted molar refractivity (Wildman–Crippen MR) is 217 cm³/mol. The Morgan fingerprint density at radius 2 is 1.18 bits per heavy atom. The van der Waals surface area contributed by atoms with Gasteiger partial charge in [-0.2, -0.15) is 0 Å². The number of carbonyl (C=O) groups is 3. The molecule has 0 fully saturated rings. The minimum Gasteiger partial charge on any atom is -0.454 e. The van der Waals surface area contributed by atoms with Gasteiger partial charge in [0, 0.05) is 29.5 Å². The Balaban J connectivity index is 1.13. The lowest BCUT2D eigenvalue weighted by Gasteiger charge is -2.29. The highest BCUT2D eigenvalue weighted by Gasteiger charge is 2.53. The van der Waals surface area contributed by atoms with Gasteiger partial charge in [-0.1, -0.05) is 79.7 Å². The maximum absolute atomic E-state index is 14.7. The fraction of sp³-hybridized carbons (Fsp3) is 0.128. The van der Waals surface area contributed by atoms with Crippen LogP contribution >= 0.6 is 0 Å². The van der Waals surface area contributed by atoms with E-state index in [1.807, 2.05) is 66.7 Å². The van der Waals surface area contributed by atoms with E-state index >= 15 is 0 Å². The Kier molecular flexibility index (Phi) is 8.92. The first-order valence-corrected chi connectivity index (χ1v) is 18.7. The first kappa shape index (κ1) is 35.7. The Bertz CT molecular complexity index is 2620. The molecule has 10 nitrogen and oxygen atoms in total. The van der Waals surface area contributed by atoms with E-state index in [-0.39, 0.29) is 25.0 Å². The van der Waals surface area contributed by atoms with Crippen molar-refractivity contribution in [3.05, 3.63) is 174 Å². The van der Waals surface area contributed by atoms with Crippen molar-refractivity contribution >= 4 is 46.2 Å². The molecular formula is C47H37N3O7. The summed E-state index contributed by atoms with van der Waals surface area (Å²) < 4.78 is 12.4. The van der Waals surface area contributed by atoms with Crippen LogP contribution in [0.25, 0.3) is 0 Å². The number of hydrogen-bond acceptors (Lipinski definition) is 7. The molecule has 6 aromatic rings. The lowest BCUT2D eigenvalue weighted by atomic mass is 9.82. The normalized spacial score (nSPS) is 17.5. The number of aliphatic hydroxyl groups is 2. The first-order valence-electron chi connectivity index (χ1n) is 18.7. The molecule has 3 amide bonds. The molecule has 0 radical (unpaired) electrons. The van der Waals surface area contributed by atoms with Crippen LogP contribution in [0.15, 0.2) is 152 Å². The summed E-state index contributed by atoms with van der Waals surface area (Å²) in [5.41, 5.74) is 2.35. The van der Waals surface area contributed by atoms with Crippen LogP contribution in [0.4, 0.5) is 28.4 Å². The molecule has 0 spiro atoms. The van der Waals surface area contributed by atoms with Gasteiger partial charge in [-0.15, -0.1) is 0 Å². The van der Waals surface area contributed by atoms with Gasteiger partial charge in [0.2, 0.25) is 0 Å². The zero-order chi connectivity index (χ0) is 39.3. The summed E-state index contributed by atoms with van der Waals surface area (Å²) in [4.78, 5) is 47.9. The number of rotatable bonds is 8. The van der Waals surface area contributed by atoms with E-state index in [9.17, 15) is 24.6 Å². The lowest BCUT2D eigenvalue weighted by molar-refractivity contribution is -0.139. The number of hydrogen-bond donors (Lipinski definition) is 2. The van der Waals surface area contributed by atoms with Crippen LogP contribution in [-0.2, 0) is 16.9 Å². The summed E-state index contributed by atoms with van der Waals surface area (Å²) in [6.45, 7) is 1.74. The SMILES string of the molecule is C[C@@H](/C=C/CCO)[C@]1(O)C(=O)N(Cc2cccc(N3C(=O)c4ccccc4Oc4ccccc43)c2)c2ccc(N3C(=O)c4ccccc4Oc4ccccc43)cc21. The van der Waals surface area contributed by atoms with Crippen LogP contribution in [0.5, 0.6) is 23.0 Å². The minimum absolute atomic E-state index is 0.0673. The van der Waals surface area contributed by atoms with Crippen molar-refractivity contribution in [3.63, 3.8) is 0 Å². The molecule has 2 N–H and O–H groups in total. The number of benzene rings is 6. The highest BCUT2D eigenvalue weighted by atomic mass is 16.5. The number of anilines is 5. The van der Waals surface area contributed by atoms with Crippen molar-refractivity contribution < 1.29 is 34.1 Å². The second kappa shape index (κ2) is 14.2. The molecule has 2 atom stereocenters. The van der Waals surface area contributed by atoms with E-state index in [0.29, 0.717) is 80.1 Å². The number of para-hydroxylation sites is 6. The molecule has 0 aromatic heterocycles. The summed E-state index contributed by atoms with van der Waals surface area (Å²) in [6.07, 6.45) is 3.82. The summed E-state index contributed by atoms with van der Waals surface area (Å²) >= 11 is 0. The predicted octanol–water partition coefficient (Wildman–Crippen LogP) is 9.16. The highest BCUT2D eigenvalue weighted by Crippen LogP contribution is 2.50. The van der Waals surface area contributed by atoms with Crippen molar-refractivity contribution in [1.82, 2.24) is 0 Å². The number of amides is 3. The van der Waals surface area contributed by atoms with Crippen molar-refractivity contribution in [2.24, 2.45) is 5.92 Å². The maximum Gasteiger partial charge on any atom is 0.266 e. The van der Waals surface area contributed by atoms with Crippen molar-refractivity contribution in [2.75, 3.05) is 21.3 Å². The van der Waals surface area contributed by atoms with Crippen LogP contribution < -0.4 is 24.2 Å². The topological polar surface area (TPSA) is 120 Å². The molecule has 0 unspecified atom stereocenters. The molecule has 0 bridgehead atoms. The molecular weight excluding hydrogens is 719 g/mol. The number of nitrogens with zero attached hydrogens (tertiary/aromatic N) is 3. The van der Waals surface area contributed by atoms with E-state index in [2.05, 4.69) is 0 Å². The molecule has 0 saturated carbocycles. The highest BCUT2D eigenvalue weighted by molar-refractivity contribution is 6.16. The zero-order valence-electron chi connectivity index (χ0n) is 30.9. The molecule has 10 heteroatoms. The van der Waals surface area contributed by atoms with Gasteiger partial charge in [-0.25, -0.2) is 0 Å². The second-order valence-electron chi connectivity index (χ2n) is 14.2. The van der Waals surface area contributed by atoms with Crippen molar-refractivity contribution in [2.45, 2.75) is 25.5 Å². The molecule has 0 aliphatic carbocycles. The summed E-state index contributed by atoms with van der Waals surface area (Å²) in [5.74, 6) is 0.0167. The van der Waals surface area contributed by atoms with Gasteiger partial charge in [-0.05, 0) is 90.8 Å². The third-order valence-electron chi connectivity index (χ3n) is 10.7. The lowest BCUT2D eigenvalue weighted by Crippen LogP contribution is -2.44. The average molecular weight is 756 g/mol. The van der Waals surface area contributed by atoms with E-state index < -0.39 is 17.4 Å². The summed E-state index contributed by atoms with van der Waals surface area (Å²) in [6, 6.07) is 41.3. The summed E-state index contributed by atoms with van der Waals surface area (Å²) in [5, 5.41) is 22.1. The van der Waals surface area contributed by atoms with Crippen molar-refractivity contribution in [3.8, 4) is 23.0 Å². The zero-order valence-corrected chi connectivity index (χ0v) is 30.9. The Hall–Kier alpha value is -7.01. The molecule has 3 heterocycles. The van der Waals surface area contributed by atoms with E-state index in [4.69, 9.17) is 9.47 Å². The second-order valence-corrected chi connectivity index (χ2v) is 14.2. The average Bonchev–Trinajstić information content (AvgIpc) is 3.32. The largest absolute Gasteiger partial charge is 0.454 e. The molecule has 0 saturated heterocycles. The van der Waals surface area contributed by atoms with Crippen LogP contribution in [0.2, 0.25) is 0 Å². The van der Waals surface area contributed by atoms with Crippen LogP contribution in [0, 0.1) is 5.92 Å². The molecule has 3 aliphatic heterocycles. The number of carbonyl (C=O) groups excluding carboxylic acids is 3. The molecule has 57 heavy (non-hydrogen) atoms. The minimum atomic E-state index is -2.03. The summed E-state index contributed by atoms with van der Waals surface area (Å²) in [7, 11) is 0. The number of aliphatic hydroxyl groups excluding tert-OH is 1. The molecule has 9 rings (SSSR count). The molecule has 6 aromatic carbocycles. The molecule has 3 aliphatic rings. The van der Waals surface area contributed by atoms with Gasteiger partial charge in [0.15, 0.2) is 17.1 Å². The smallest absolute Gasteiger partial charge is 0.266 e. The number of fused-ring (bicyclic) bond motifs is 5. The standard InChI is InChI=1S/C47H37N3O7/c1-30(13-10-11-26-51)47(55)36-28-33(50-39-19-5-9-23-43(39)57-41-21-7-3-17-35(41)45(50)53)24-25-37(36)48(46(47)54)29-31-14-12-15-32(27-31)49-38-18-4-8-22-42(38)56-40-20-6-2-16-34(40)44(49)52/h2-10,12-25,27-28,30,51,55H,11,26,29H2,1H3/b13-10+/t30-,47+/m0/s1. The van der Waals surface area contributed by atoms with Gasteiger partial charge in [0.25, 0.3) is 17.7 Å². The fourth-order valence-electron chi connectivity index (χ4n) is 7.85. The Morgan fingerprint density at radius 1 is 0.632 bits per heavy atom. The molecule has 282 valence electrons. The number of ether oxygens (including phenoxy) is 2. The van der Waals surface area contributed by atoms with Gasteiger partial charge in [0.05, 0.1) is 34.7 Å². The van der Waals surface area contributed by atoms with Gasteiger partial charge >= 0.3 is 0 Å². The first-order chi connectivity index (χ1) is 27.8.